The summed E-state index contributed by atoms with van der Waals surface area (Å²) in [6.07, 6.45) is 0. The summed E-state index contributed by atoms with van der Waals surface area (Å²) >= 11 is 3.68. The molecule has 2 heteroatoms. The Labute approximate surface area is 284 Å². The van der Waals surface area contributed by atoms with Crippen LogP contribution in [0.2, 0.25) is 0 Å². The van der Waals surface area contributed by atoms with Gasteiger partial charge >= 0.3 is 0 Å². The van der Waals surface area contributed by atoms with E-state index in [-0.39, 0.29) is 0 Å². The van der Waals surface area contributed by atoms with Gasteiger partial charge in [0.15, 0.2) is 0 Å². The van der Waals surface area contributed by atoms with E-state index < -0.39 is 5.41 Å². The average Bonchev–Trinajstić information content (AvgIpc) is 3.41. The molecule has 0 fully saturated rings. The van der Waals surface area contributed by atoms with Gasteiger partial charge in [0.25, 0.3) is 0 Å². The lowest BCUT2D eigenvalue weighted by Gasteiger charge is -2.34. The Bertz CT molecular complexity index is 2410. The minimum atomic E-state index is -0.480. The van der Waals surface area contributed by atoms with Gasteiger partial charge in [-0.05, 0) is 101 Å². The van der Waals surface area contributed by atoms with Crippen LogP contribution in [-0.2, 0) is 5.41 Å². The molecule has 0 spiro atoms. The maximum atomic E-state index is 6.21. The fraction of sp³-hybridized carbons (Fsp3) is 0.0222. The Morgan fingerprint density at radius 3 is 1.49 bits per heavy atom. The van der Waals surface area contributed by atoms with Crippen molar-refractivity contribution < 1.29 is 0 Å². The van der Waals surface area contributed by atoms with Crippen LogP contribution in [0.15, 0.2) is 174 Å². The van der Waals surface area contributed by atoms with Gasteiger partial charge in [0.2, 0.25) is 0 Å². The SMILES string of the molecule is [B]c1ccc(-c2c3ccccc3c(-c3ccc(Br)cc3)c3cc4c(cc23)-c2ccccc2C4(c2ccccc2)c2ccccc2)cc1. The van der Waals surface area contributed by atoms with Crippen molar-refractivity contribution in [1.29, 1.82) is 0 Å². The van der Waals surface area contributed by atoms with Gasteiger partial charge in [0, 0.05) is 4.47 Å². The van der Waals surface area contributed by atoms with E-state index in [1.165, 1.54) is 71.6 Å². The first kappa shape index (κ1) is 28.1. The summed E-state index contributed by atoms with van der Waals surface area (Å²) in [6, 6.07) is 62.0. The molecule has 0 nitrogen and oxygen atoms in total. The predicted octanol–water partition coefficient (Wildman–Crippen LogP) is 11.2. The van der Waals surface area contributed by atoms with Crippen LogP contribution in [0.25, 0.3) is 54.9 Å². The largest absolute Gasteiger partial charge is 0.113 e. The first-order valence-electron chi connectivity index (χ1n) is 16.0. The van der Waals surface area contributed by atoms with E-state index in [4.69, 9.17) is 7.85 Å². The number of rotatable bonds is 4. The van der Waals surface area contributed by atoms with Crippen molar-refractivity contribution in [1.82, 2.24) is 0 Å². The van der Waals surface area contributed by atoms with Crippen molar-refractivity contribution in [3.05, 3.63) is 197 Å². The zero-order valence-corrected chi connectivity index (χ0v) is 27.2. The summed E-state index contributed by atoms with van der Waals surface area (Å²) in [6.45, 7) is 0. The molecule has 2 radical (unpaired) electrons. The summed E-state index contributed by atoms with van der Waals surface area (Å²) in [5.74, 6) is 0. The highest BCUT2D eigenvalue weighted by atomic mass is 79.9. The third-order valence-corrected chi connectivity index (χ3v) is 10.5. The van der Waals surface area contributed by atoms with Crippen molar-refractivity contribution in [2.24, 2.45) is 0 Å². The first-order valence-corrected chi connectivity index (χ1v) is 16.8. The number of benzene rings is 8. The molecule has 0 saturated carbocycles. The van der Waals surface area contributed by atoms with Crippen LogP contribution in [0.3, 0.4) is 0 Å². The molecule has 0 heterocycles. The molecular formula is C45H28BBr. The minimum Gasteiger partial charge on any atom is -0.0966 e. The lowest BCUT2D eigenvalue weighted by atomic mass is 9.67. The lowest BCUT2D eigenvalue weighted by molar-refractivity contribution is 0.769. The zero-order chi connectivity index (χ0) is 31.5. The van der Waals surface area contributed by atoms with Crippen LogP contribution in [0, 0.1) is 0 Å². The molecule has 0 N–H and O–H groups in total. The highest BCUT2D eigenvalue weighted by Crippen LogP contribution is 2.58. The molecule has 8 aromatic rings. The van der Waals surface area contributed by atoms with E-state index in [0.29, 0.717) is 0 Å². The fourth-order valence-electron chi connectivity index (χ4n) is 8.00. The Hall–Kier alpha value is -5.18. The van der Waals surface area contributed by atoms with Gasteiger partial charge in [0.05, 0.1) is 5.41 Å². The minimum absolute atomic E-state index is 0.480. The highest BCUT2D eigenvalue weighted by Gasteiger charge is 2.46. The average molecular weight is 659 g/mol. The molecule has 47 heavy (non-hydrogen) atoms. The van der Waals surface area contributed by atoms with E-state index in [0.717, 1.165) is 15.5 Å². The smallest absolute Gasteiger partial charge is 0.0966 e. The van der Waals surface area contributed by atoms with E-state index >= 15 is 0 Å². The maximum Gasteiger partial charge on any atom is 0.113 e. The third kappa shape index (κ3) is 4.22. The molecule has 0 amide bonds. The van der Waals surface area contributed by atoms with Gasteiger partial charge in [-0.25, -0.2) is 0 Å². The topological polar surface area (TPSA) is 0 Å². The quantitative estimate of drug-likeness (QED) is 0.130. The standard InChI is InChI=1S/C45H28BBr/c46-33-23-19-29(20-24-33)43-36-16-7-8-17-37(36)44(30-21-25-34(47)26-22-30)40-28-42-38(27-39(40)43)35-15-9-10-18-41(35)45(42,31-11-3-1-4-12-31)32-13-5-2-6-14-32/h1-28H. The number of fused-ring (bicyclic) bond motifs is 5. The van der Waals surface area contributed by atoms with Crippen molar-refractivity contribution in [3.63, 3.8) is 0 Å². The lowest BCUT2D eigenvalue weighted by Crippen LogP contribution is -2.28. The summed E-state index contributed by atoms with van der Waals surface area (Å²) in [7, 11) is 6.21. The van der Waals surface area contributed by atoms with E-state index in [9.17, 15) is 0 Å². The van der Waals surface area contributed by atoms with Gasteiger partial charge in [0.1, 0.15) is 7.85 Å². The summed E-state index contributed by atoms with van der Waals surface area (Å²) < 4.78 is 1.07. The fourth-order valence-corrected chi connectivity index (χ4v) is 8.26. The number of hydrogen-bond acceptors (Lipinski definition) is 0. The Balaban J connectivity index is 1.51. The molecule has 0 bridgehead atoms. The highest BCUT2D eigenvalue weighted by molar-refractivity contribution is 9.10. The van der Waals surface area contributed by atoms with Crippen LogP contribution in [0.4, 0.5) is 0 Å². The van der Waals surface area contributed by atoms with Crippen LogP contribution in [0.5, 0.6) is 0 Å². The molecule has 8 aromatic carbocycles. The Morgan fingerprint density at radius 2 is 0.894 bits per heavy atom. The van der Waals surface area contributed by atoms with Crippen LogP contribution < -0.4 is 5.46 Å². The molecule has 0 aromatic heterocycles. The summed E-state index contributed by atoms with van der Waals surface area (Å²) in [5.41, 5.74) is 12.8. The van der Waals surface area contributed by atoms with Gasteiger partial charge in [-0.2, -0.15) is 0 Å². The maximum absolute atomic E-state index is 6.21. The Morgan fingerprint density at radius 1 is 0.404 bits per heavy atom. The second kappa shape index (κ2) is 11.0. The molecule has 0 unspecified atom stereocenters. The second-order valence-corrected chi connectivity index (χ2v) is 13.3. The normalized spacial score (nSPS) is 13.0. The monoisotopic (exact) mass is 658 g/mol. The predicted molar refractivity (Wildman–Crippen MR) is 203 cm³/mol. The molecule has 218 valence electrons. The molecule has 9 rings (SSSR count). The van der Waals surface area contributed by atoms with E-state index in [2.05, 4.69) is 174 Å². The van der Waals surface area contributed by atoms with Gasteiger partial charge in [-0.3, -0.25) is 0 Å². The van der Waals surface area contributed by atoms with Crippen molar-refractivity contribution in [3.8, 4) is 33.4 Å². The van der Waals surface area contributed by atoms with Crippen LogP contribution in [-0.4, -0.2) is 7.85 Å². The van der Waals surface area contributed by atoms with Gasteiger partial charge in [-0.15, -0.1) is 0 Å². The zero-order valence-electron chi connectivity index (χ0n) is 25.6. The number of halogens is 1. The first-order chi connectivity index (χ1) is 23.1. The Kier molecular flexibility index (Phi) is 6.55. The number of hydrogen-bond donors (Lipinski definition) is 0. The summed E-state index contributed by atoms with van der Waals surface area (Å²) in [5, 5.41) is 4.93. The van der Waals surface area contributed by atoms with Crippen molar-refractivity contribution >= 4 is 50.8 Å². The summed E-state index contributed by atoms with van der Waals surface area (Å²) in [4.78, 5) is 0. The molecule has 1 aliphatic carbocycles. The van der Waals surface area contributed by atoms with Gasteiger partial charge < -0.3 is 0 Å². The van der Waals surface area contributed by atoms with E-state index in [1.807, 2.05) is 12.1 Å². The van der Waals surface area contributed by atoms with Gasteiger partial charge in [-0.1, -0.05) is 167 Å². The van der Waals surface area contributed by atoms with Crippen LogP contribution >= 0.6 is 15.9 Å². The molecular weight excluding hydrogens is 631 g/mol. The van der Waals surface area contributed by atoms with Crippen molar-refractivity contribution in [2.75, 3.05) is 0 Å². The molecule has 0 saturated heterocycles. The second-order valence-electron chi connectivity index (χ2n) is 12.4. The molecule has 0 aliphatic heterocycles. The van der Waals surface area contributed by atoms with Crippen LogP contribution in [0.1, 0.15) is 22.3 Å². The molecule has 0 atom stereocenters. The molecule has 1 aliphatic rings. The van der Waals surface area contributed by atoms with E-state index in [1.54, 1.807) is 0 Å². The van der Waals surface area contributed by atoms with Crippen molar-refractivity contribution in [2.45, 2.75) is 5.41 Å². The third-order valence-electron chi connectivity index (χ3n) is 9.93.